The van der Waals surface area contributed by atoms with Gasteiger partial charge in [-0.15, -0.1) is 0 Å². The summed E-state index contributed by atoms with van der Waals surface area (Å²) in [6, 6.07) is 20.8. The van der Waals surface area contributed by atoms with Crippen molar-refractivity contribution >= 4 is 17.4 Å². The van der Waals surface area contributed by atoms with Crippen molar-refractivity contribution in [1.82, 2.24) is 9.38 Å². The highest BCUT2D eigenvalue weighted by Crippen LogP contribution is 2.36. The zero-order valence-corrected chi connectivity index (χ0v) is 13.9. The summed E-state index contributed by atoms with van der Waals surface area (Å²) in [5.41, 5.74) is 4.09. The van der Waals surface area contributed by atoms with E-state index in [1.807, 2.05) is 24.3 Å². The van der Waals surface area contributed by atoms with Crippen molar-refractivity contribution in [2.75, 3.05) is 0 Å². The van der Waals surface area contributed by atoms with E-state index in [2.05, 4.69) is 35.7 Å². The van der Waals surface area contributed by atoms with Crippen LogP contribution in [-0.4, -0.2) is 9.38 Å². The molecular formula is C20H15FN2S. The van der Waals surface area contributed by atoms with E-state index in [4.69, 9.17) is 4.98 Å². The van der Waals surface area contributed by atoms with Crippen molar-refractivity contribution in [2.24, 2.45) is 0 Å². The molecule has 0 atom stereocenters. The van der Waals surface area contributed by atoms with Gasteiger partial charge in [0.25, 0.3) is 0 Å². The molecule has 0 spiro atoms. The van der Waals surface area contributed by atoms with Crippen molar-refractivity contribution in [3.05, 3.63) is 84.3 Å². The monoisotopic (exact) mass is 334 g/mol. The van der Waals surface area contributed by atoms with Gasteiger partial charge in [-0.3, -0.25) is 4.40 Å². The van der Waals surface area contributed by atoms with Gasteiger partial charge in [-0.05, 0) is 42.8 Å². The third kappa shape index (κ3) is 2.81. The second-order valence-corrected chi connectivity index (χ2v) is 6.68. The number of halogens is 1. The van der Waals surface area contributed by atoms with Crippen molar-refractivity contribution in [3.8, 4) is 11.3 Å². The average molecular weight is 334 g/mol. The minimum Gasteiger partial charge on any atom is -0.294 e. The highest BCUT2D eigenvalue weighted by Gasteiger charge is 2.15. The first-order valence-corrected chi connectivity index (χ1v) is 8.50. The number of imidazole rings is 1. The van der Waals surface area contributed by atoms with Crippen LogP contribution in [0.4, 0.5) is 4.39 Å². The summed E-state index contributed by atoms with van der Waals surface area (Å²) < 4.78 is 15.3. The van der Waals surface area contributed by atoms with E-state index < -0.39 is 0 Å². The molecule has 2 nitrogen and oxygen atoms in total. The Balaban J connectivity index is 1.90. The third-order valence-corrected chi connectivity index (χ3v) is 4.89. The maximum Gasteiger partial charge on any atom is 0.138 e. The summed E-state index contributed by atoms with van der Waals surface area (Å²) in [5.74, 6) is -0.225. The van der Waals surface area contributed by atoms with Gasteiger partial charge in [-0.2, -0.15) is 0 Å². The topological polar surface area (TPSA) is 17.3 Å². The predicted octanol–water partition coefficient (Wildman–Crippen LogP) is 5.60. The van der Waals surface area contributed by atoms with Crippen LogP contribution in [0.25, 0.3) is 16.9 Å². The fourth-order valence-corrected chi connectivity index (χ4v) is 3.63. The molecule has 2 heterocycles. The maximum atomic E-state index is 13.2. The number of benzene rings is 2. The van der Waals surface area contributed by atoms with Crippen LogP contribution in [0.15, 0.2) is 82.8 Å². The Morgan fingerprint density at radius 3 is 2.42 bits per heavy atom. The first-order valence-electron chi connectivity index (χ1n) is 7.68. The smallest absolute Gasteiger partial charge is 0.138 e. The molecule has 0 aliphatic carbocycles. The van der Waals surface area contributed by atoms with Crippen LogP contribution in [0.1, 0.15) is 5.56 Å². The summed E-state index contributed by atoms with van der Waals surface area (Å²) in [6.07, 6.45) is 2.08. The van der Waals surface area contributed by atoms with E-state index >= 15 is 0 Å². The molecule has 4 heteroatoms. The molecule has 0 aliphatic rings. The molecule has 0 amide bonds. The van der Waals surface area contributed by atoms with Gasteiger partial charge in [0.15, 0.2) is 0 Å². The molecule has 0 N–H and O–H groups in total. The molecule has 118 valence electrons. The summed E-state index contributed by atoms with van der Waals surface area (Å²) in [5, 5.41) is 1.03. The Kier molecular flexibility index (Phi) is 3.82. The average Bonchev–Trinajstić information content (AvgIpc) is 2.95. The van der Waals surface area contributed by atoms with Gasteiger partial charge in [0.2, 0.25) is 0 Å². The van der Waals surface area contributed by atoms with Crippen LogP contribution in [0.3, 0.4) is 0 Å². The normalized spacial score (nSPS) is 11.1. The van der Waals surface area contributed by atoms with Gasteiger partial charge in [0.1, 0.15) is 22.2 Å². The van der Waals surface area contributed by atoms with Crippen LogP contribution >= 0.6 is 11.8 Å². The minimum absolute atomic E-state index is 0.225. The molecule has 0 radical (unpaired) electrons. The molecule has 0 fully saturated rings. The van der Waals surface area contributed by atoms with E-state index in [0.29, 0.717) is 0 Å². The van der Waals surface area contributed by atoms with Gasteiger partial charge in [-0.25, -0.2) is 9.37 Å². The van der Waals surface area contributed by atoms with Crippen molar-refractivity contribution in [2.45, 2.75) is 16.8 Å². The number of pyridine rings is 1. The minimum atomic E-state index is -0.225. The number of fused-ring (bicyclic) bond motifs is 1. The fourth-order valence-electron chi connectivity index (χ4n) is 2.63. The molecule has 2 aromatic heterocycles. The lowest BCUT2D eigenvalue weighted by atomic mass is 10.2. The number of hydrogen-bond acceptors (Lipinski definition) is 2. The fraction of sp³-hybridized carbons (Fsp3) is 0.0500. The molecule has 0 saturated carbocycles. The molecule has 24 heavy (non-hydrogen) atoms. The number of hydrogen-bond donors (Lipinski definition) is 0. The molecule has 4 aromatic rings. The first kappa shape index (κ1) is 15.0. The summed E-state index contributed by atoms with van der Waals surface area (Å²) in [7, 11) is 0. The van der Waals surface area contributed by atoms with E-state index in [1.165, 1.54) is 17.7 Å². The summed E-state index contributed by atoms with van der Waals surface area (Å²) >= 11 is 1.60. The Labute approximate surface area is 144 Å². The van der Waals surface area contributed by atoms with Gasteiger partial charge in [0, 0.05) is 16.7 Å². The molecule has 0 saturated heterocycles. The van der Waals surface area contributed by atoms with Crippen molar-refractivity contribution < 1.29 is 4.39 Å². The van der Waals surface area contributed by atoms with Gasteiger partial charge in [0.05, 0.1) is 0 Å². The quantitative estimate of drug-likeness (QED) is 0.485. The van der Waals surface area contributed by atoms with E-state index in [-0.39, 0.29) is 5.82 Å². The van der Waals surface area contributed by atoms with Crippen LogP contribution < -0.4 is 0 Å². The van der Waals surface area contributed by atoms with Crippen LogP contribution in [0.5, 0.6) is 0 Å². The largest absolute Gasteiger partial charge is 0.294 e. The van der Waals surface area contributed by atoms with Gasteiger partial charge in [-0.1, -0.05) is 48.2 Å². The Hall–Kier alpha value is -2.59. The summed E-state index contributed by atoms with van der Waals surface area (Å²) in [6.45, 7) is 2.06. The standard InChI is InChI=1S/C20H15FN2S/c1-14-7-12-18-22-19(15-5-3-2-4-6-15)20(23(18)13-14)24-17-10-8-16(21)9-11-17/h2-13H,1H3. The number of aryl methyl sites for hydroxylation is 1. The van der Waals surface area contributed by atoms with Crippen LogP contribution in [-0.2, 0) is 0 Å². The summed E-state index contributed by atoms with van der Waals surface area (Å²) in [4.78, 5) is 5.79. The molecular weight excluding hydrogens is 319 g/mol. The van der Waals surface area contributed by atoms with Crippen molar-refractivity contribution in [1.29, 1.82) is 0 Å². The highest BCUT2D eigenvalue weighted by atomic mass is 32.2. The molecule has 0 bridgehead atoms. The lowest BCUT2D eigenvalue weighted by molar-refractivity contribution is 0.626. The number of rotatable bonds is 3. The van der Waals surface area contributed by atoms with Gasteiger partial charge < -0.3 is 0 Å². The first-order chi connectivity index (χ1) is 11.7. The number of nitrogens with zero attached hydrogens (tertiary/aromatic N) is 2. The molecule has 0 aliphatic heterocycles. The zero-order chi connectivity index (χ0) is 16.5. The van der Waals surface area contributed by atoms with Crippen molar-refractivity contribution in [3.63, 3.8) is 0 Å². The molecule has 0 unspecified atom stereocenters. The van der Waals surface area contributed by atoms with E-state index in [9.17, 15) is 4.39 Å². The maximum absolute atomic E-state index is 13.2. The zero-order valence-electron chi connectivity index (χ0n) is 13.1. The number of aromatic nitrogens is 2. The SMILES string of the molecule is Cc1ccc2nc(-c3ccccc3)c(Sc3ccc(F)cc3)n2c1. The molecule has 4 rings (SSSR count). The van der Waals surface area contributed by atoms with E-state index in [1.54, 1.807) is 23.9 Å². The Morgan fingerprint density at radius 1 is 0.917 bits per heavy atom. The predicted molar refractivity (Wildman–Crippen MR) is 95.9 cm³/mol. The van der Waals surface area contributed by atoms with Crippen LogP contribution in [0.2, 0.25) is 0 Å². The Morgan fingerprint density at radius 2 is 1.67 bits per heavy atom. The lowest BCUT2D eigenvalue weighted by Crippen LogP contribution is -1.89. The highest BCUT2D eigenvalue weighted by molar-refractivity contribution is 7.99. The third-order valence-electron chi connectivity index (χ3n) is 3.80. The van der Waals surface area contributed by atoms with E-state index in [0.717, 1.165) is 26.8 Å². The second-order valence-electron chi connectivity index (χ2n) is 5.62. The lowest BCUT2D eigenvalue weighted by Gasteiger charge is -2.06. The molecule has 2 aromatic carbocycles. The second kappa shape index (κ2) is 6.13. The van der Waals surface area contributed by atoms with Gasteiger partial charge >= 0.3 is 0 Å². The van der Waals surface area contributed by atoms with Crippen LogP contribution in [0, 0.1) is 12.7 Å². The Bertz CT molecular complexity index is 992.